The van der Waals surface area contributed by atoms with Gasteiger partial charge in [0.2, 0.25) is 5.91 Å². The highest BCUT2D eigenvalue weighted by atomic mass is 32.2. The third kappa shape index (κ3) is 8.67. The number of nitrogens with one attached hydrogen (secondary N) is 1. The number of hydrogen-bond acceptors (Lipinski definition) is 4. The number of nitrogens with two attached hydrogens (primary N) is 1. The SMILES string of the molecule is CC(C)(C)CC(=O)NCCS(=O)(=O)CCN. The van der Waals surface area contributed by atoms with Crippen LogP contribution in [-0.4, -0.2) is 38.9 Å². The molecule has 5 nitrogen and oxygen atoms in total. The van der Waals surface area contributed by atoms with Gasteiger partial charge in [0.15, 0.2) is 9.84 Å². The molecule has 1 amide bonds. The van der Waals surface area contributed by atoms with Crippen LogP contribution in [0.2, 0.25) is 0 Å². The fourth-order valence-corrected chi connectivity index (χ4v) is 2.15. The zero-order valence-corrected chi connectivity index (χ0v) is 11.1. The summed E-state index contributed by atoms with van der Waals surface area (Å²) in [5, 5.41) is 2.59. The van der Waals surface area contributed by atoms with E-state index in [-0.39, 0.29) is 35.9 Å². The lowest BCUT2D eigenvalue weighted by atomic mass is 9.92. The Morgan fingerprint density at radius 3 is 2.25 bits per heavy atom. The molecular formula is C10H22N2O3S. The summed E-state index contributed by atoms with van der Waals surface area (Å²) in [4.78, 5) is 11.4. The van der Waals surface area contributed by atoms with Gasteiger partial charge in [-0.15, -0.1) is 0 Å². The van der Waals surface area contributed by atoms with E-state index in [1.54, 1.807) is 0 Å². The van der Waals surface area contributed by atoms with Crippen LogP contribution in [0, 0.1) is 5.41 Å². The average molecular weight is 250 g/mol. The molecule has 0 radical (unpaired) electrons. The van der Waals surface area contributed by atoms with Crippen molar-refractivity contribution in [2.75, 3.05) is 24.6 Å². The highest BCUT2D eigenvalue weighted by molar-refractivity contribution is 7.91. The standard InChI is InChI=1S/C10H22N2O3S/c1-10(2,3)8-9(13)12-5-7-16(14,15)6-4-11/h4-8,11H2,1-3H3,(H,12,13). The fourth-order valence-electron chi connectivity index (χ4n) is 1.17. The molecule has 16 heavy (non-hydrogen) atoms. The third-order valence-corrected chi connectivity index (χ3v) is 3.54. The van der Waals surface area contributed by atoms with Crippen LogP contribution in [0.4, 0.5) is 0 Å². The largest absolute Gasteiger partial charge is 0.355 e. The van der Waals surface area contributed by atoms with Crippen LogP contribution in [0.25, 0.3) is 0 Å². The van der Waals surface area contributed by atoms with Crippen molar-refractivity contribution in [3.8, 4) is 0 Å². The number of rotatable bonds is 6. The minimum atomic E-state index is -3.11. The van der Waals surface area contributed by atoms with Gasteiger partial charge in [0.25, 0.3) is 0 Å². The summed E-state index contributed by atoms with van der Waals surface area (Å²) < 4.78 is 22.5. The van der Waals surface area contributed by atoms with Gasteiger partial charge >= 0.3 is 0 Å². The van der Waals surface area contributed by atoms with E-state index in [0.717, 1.165) is 0 Å². The van der Waals surface area contributed by atoms with E-state index >= 15 is 0 Å². The fraction of sp³-hybridized carbons (Fsp3) is 0.900. The molecule has 0 fully saturated rings. The highest BCUT2D eigenvalue weighted by Gasteiger charge is 2.16. The molecule has 0 unspecified atom stereocenters. The normalized spacial score (nSPS) is 12.5. The van der Waals surface area contributed by atoms with Crippen molar-refractivity contribution in [2.24, 2.45) is 11.1 Å². The Hall–Kier alpha value is -0.620. The van der Waals surface area contributed by atoms with Crippen molar-refractivity contribution in [3.05, 3.63) is 0 Å². The summed E-state index contributed by atoms with van der Waals surface area (Å²) in [6.07, 6.45) is 0.393. The predicted octanol–water partition coefficient (Wildman–Crippen LogP) is -0.0877. The van der Waals surface area contributed by atoms with Crippen molar-refractivity contribution in [3.63, 3.8) is 0 Å². The van der Waals surface area contributed by atoms with E-state index in [9.17, 15) is 13.2 Å². The summed E-state index contributed by atoms with van der Waals surface area (Å²) >= 11 is 0. The van der Waals surface area contributed by atoms with Gasteiger partial charge in [0.05, 0.1) is 11.5 Å². The Bertz CT molecular complexity index is 317. The monoisotopic (exact) mass is 250 g/mol. The molecule has 0 spiro atoms. The molecule has 0 saturated carbocycles. The van der Waals surface area contributed by atoms with E-state index in [4.69, 9.17) is 5.73 Å². The maximum atomic E-state index is 11.4. The first kappa shape index (κ1) is 15.4. The summed E-state index contributed by atoms with van der Waals surface area (Å²) in [6, 6.07) is 0. The predicted molar refractivity (Wildman–Crippen MR) is 64.8 cm³/mol. The highest BCUT2D eigenvalue weighted by Crippen LogP contribution is 2.17. The second-order valence-corrected chi connectivity index (χ2v) is 7.33. The number of carbonyl (C=O) groups excluding carboxylic acids is 1. The van der Waals surface area contributed by atoms with E-state index in [1.807, 2.05) is 20.8 Å². The first-order valence-corrected chi connectivity index (χ1v) is 7.16. The van der Waals surface area contributed by atoms with E-state index in [1.165, 1.54) is 0 Å². The molecule has 0 aliphatic heterocycles. The maximum Gasteiger partial charge on any atom is 0.220 e. The molecule has 0 aliphatic carbocycles. The van der Waals surface area contributed by atoms with Crippen molar-refractivity contribution in [2.45, 2.75) is 27.2 Å². The first-order chi connectivity index (χ1) is 7.16. The summed E-state index contributed by atoms with van der Waals surface area (Å²) in [6.45, 7) is 6.16. The van der Waals surface area contributed by atoms with Crippen molar-refractivity contribution in [1.82, 2.24) is 5.32 Å². The Balaban J connectivity index is 3.87. The van der Waals surface area contributed by atoms with Crippen LogP contribution in [0.1, 0.15) is 27.2 Å². The molecular weight excluding hydrogens is 228 g/mol. The van der Waals surface area contributed by atoms with Crippen LogP contribution in [0.15, 0.2) is 0 Å². The number of hydrogen-bond donors (Lipinski definition) is 2. The summed E-state index contributed by atoms with van der Waals surface area (Å²) in [5.74, 6) is -0.183. The molecule has 0 aromatic carbocycles. The zero-order chi connectivity index (χ0) is 12.8. The first-order valence-electron chi connectivity index (χ1n) is 5.33. The Kier molecular flexibility index (Phi) is 5.96. The molecule has 0 atom stereocenters. The van der Waals surface area contributed by atoms with E-state index < -0.39 is 9.84 Å². The van der Waals surface area contributed by atoms with Gasteiger partial charge in [-0.1, -0.05) is 20.8 Å². The van der Waals surface area contributed by atoms with Gasteiger partial charge in [-0.05, 0) is 5.41 Å². The molecule has 0 bridgehead atoms. The Labute approximate surface area is 97.7 Å². The number of sulfone groups is 1. The van der Waals surface area contributed by atoms with Crippen LogP contribution in [0.3, 0.4) is 0 Å². The van der Waals surface area contributed by atoms with Gasteiger partial charge in [-0.2, -0.15) is 0 Å². The molecule has 0 aromatic rings. The van der Waals surface area contributed by atoms with Gasteiger partial charge in [-0.25, -0.2) is 8.42 Å². The molecule has 0 heterocycles. The molecule has 6 heteroatoms. The second kappa shape index (κ2) is 6.20. The minimum Gasteiger partial charge on any atom is -0.355 e. The van der Waals surface area contributed by atoms with Crippen molar-refractivity contribution in [1.29, 1.82) is 0 Å². The lowest BCUT2D eigenvalue weighted by molar-refractivity contribution is -0.122. The zero-order valence-electron chi connectivity index (χ0n) is 10.2. The van der Waals surface area contributed by atoms with Gasteiger partial charge in [0, 0.05) is 19.5 Å². The van der Waals surface area contributed by atoms with Gasteiger partial charge in [-0.3, -0.25) is 4.79 Å². The molecule has 3 N–H and O–H groups in total. The van der Waals surface area contributed by atoms with Crippen LogP contribution < -0.4 is 11.1 Å². The van der Waals surface area contributed by atoms with E-state index in [0.29, 0.717) is 6.42 Å². The van der Waals surface area contributed by atoms with Crippen LogP contribution in [0.5, 0.6) is 0 Å². The van der Waals surface area contributed by atoms with Gasteiger partial charge in [0.1, 0.15) is 0 Å². The van der Waals surface area contributed by atoms with Gasteiger partial charge < -0.3 is 11.1 Å². The lowest BCUT2D eigenvalue weighted by Gasteiger charge is -2.17. The number of carbonyl (C=O) groups is 1. The van der Waals surface area contributed by atoms with E-state index in [2.05, 4.69) is 5.32 Å². The number of amides is 1. The van der Waals surface area contributed by atoms with Crippen molar-refractivity contribution < 1.29 is 13.2 Å². The quantitative estimate of drug-likeness (QED) is 0.689. The Morgan fingerprint density at radius 2 is 1.81 bits per heavy atom. The molecule has 0 aliphatic rings. The topological polar surface area (TPSA) is 89.3 Å². The lowest BCUT2D eigenvalue weighted by Crippen LogP contribution is -2.32. The van der Waals surface area contributed by atoms with Crippen LogP contribution in [-0.2, 0) is 14.6 Å². The van der Waals surface area contributed by atoms with Crippen LogP contribution >= 0.6 is 0 Å². The third-order valence-electron chi connectivity index (χ3n) is 1.85. The average Bonchev–Trinajstić information content (AvgIpc) is 1.99. The smallest absolute Gasteiger partial charge is 0.220 e. The Morgan fingerprint density at radius 1 is 1.25 bits per heavy atom. The maximum absolute atomic E-state index is 11.4. The molecule has 0 aromatic heterocycles. The summed E-state index contributed by atoms with van der Waals surface area (Å²) in [7, 11) is -3.11. The summed E-state index contributed by atoms with van der Waals surface area (Å²) in [5.41, 5.74) is 5.08. The minimum absolute atomic E-state index is 0.0257. The second-order valence-electron chi connectivity index (χ2n) is 5.03. The molecule has 0 rings (SSSR count). The van der Waals surface area contributed by atoms with Crippen molar-refractivity contribution >= 4 is 15.7 Å². The molecule has 0 saturated heterocycles. The molecule has 96 valence electrons.